The number of hydrogen-bond donors (Lipinski definition) is 13. The number of aliphatic carboxylic acids is 4. The van der Waals surface area contributed by atoms with Crippen LogP contribution in [0.2, 0.25) is 0 Å². The van der Waals surface area contributed by atoms with Crippen molar-refractivity contribution in [3.05, 3.63) is 0 Å². The number of likely N-dealkylation sites (N-methyl/N-ethyl adjacent to an activating group) is 1. The minimum absolute atomic E-state index is 0.0328. The zero-order valence-corrected chi connectivity index (χ0v) is 46.6. The van der Waals surface area contributed by atoms with Crippen LogP contribution in [0.15, 0.2) is 0 Å². The Labute approximate surface area is 468 Å². The molecule has 460 valence electrons. The number of hydroxylamine groups is 1. The summed E-state index contributed by atoms with van der Waals surface area (Å²) in [7, 11) is 1.56. The molecule has 0 unspecified atom stereocenters. The molecule has 4 atom stereocenters. The Balaban J connectivity index is 3.98. The van der Waals surface area contributed by atoms with E-state index in [0.29, 0.717) is 25.7 Å². The fourth-order valence-corrected chi connectivity index (χ4v) is 7.76. The van der Waals surface area contributed by atoms with Crippen molar-refractivity contribution in [3.63, 3.8) is 0 Å². The highest BCUT2D eigenvalue weighted by Gasteiger charge is 2.25. The fourth-order valence-electron chi connectivity index (χ4n) is 7.76. The van der Waals surface area contributed by atoms with Crippen LogP contribution < -0.4 is 42.7 Å². The van der Waals surface area contributed by atoms with E-state index < -0.39 is 96.5 Å². The van der Waals surface area contributed by atoms with Gasteiger partial charge in [0.1, 0.15) is 31.3 Å². The van der Waals surface area contributed by atoms with Gasteiger partial charge in [0.2, 0.25) is 35.4 Å². The van der Waals surface area contributed by atoms with Gasteiger partial charge in [-0.1, -0.05) is 77.0 Å². The molecule has 0 rings (SSSR count). The molecule has 0 saturated heterocycles. The highest BCUT2D eigenvalue weighted by atomic mass is 16.5. The number of carbonyl (C=O) groups is 11. The first-order chi connectivity index (χ1) is 38.4. The van der Waals surface area contributed by atoms with E-state index in [0.717, 1.165) is 51.4 Å². The Morgan fingerprint density at radius 2 is 0.713 bits per heavy atom. The first-order valence-electron chi connectivity index (χ1n) is 27.9. The molecule has 0 heterocycles. The molecule has 0 aromatic heterocycles. The SMILES string of the molecule is CN[C@@H](CCCCNC(=O)CC[C@H](NC(=O)CC[C@H](NC(=O)COCCOCCNC(=O)COCCOCCNC(=O)CC[C@H](NC(=O)CCCCCCCCCCCCCCCCC(=O)O)C(=O)O)C(=O)O)C(=O)O)C(=O)NO. The standard InChI is InChI=1S/C52H92N8O20/c1-53-38(49(69)60-76)18-16-17-27-54-42(61)24-21-40(51(72)73)58-45(64)26-23-41(52(74)75)59-47(66)37-80-35-33-78-31-29-56-46(65)36-79-34-32-77-30-28-55-43(62)25-22-39(50(70)71)57-44(63)19-14-12-10-8-6-4-2-3-5-7-9-11-13-15-20-48(67)68/h38-41,53,76H,2-37H2,1H3,(H,54,61)(H,55,62)(H,56,65)(H,57,63)(H,58,64)(H,59,66)(H,60,69)(H,67,68)(H,70,71)(H,72,73)(H,74,75)/t38-,39-,40-,41-/m0/s1. The van der Waals surface area contributed by atoms with Crippen LogP contribution in [0.1, 0.15) is 161 Å². The van der Waals surface area contributed by atoms with Crippen LogP contribution in [-0.4, -0.2) is 195 Å². The average Bonchev–Trinajstić information content (AvgIpc) is 3.41. The van der Waals surface area contributed by atoms with Crippen LogP contribution in [0.5, 0.6) is 0 Å². The van der Waals surface area contributed by atoms with Crippen molar-refractivity contribution in [1.82, 2.24) is 42.7 Å². The molecular weight excluding hydrogens is 1060 g/mol. The molecule has 0 saturated carbocycles. The Hall–Kier alpha value is -6.07. The van der Waals surface area contributed by atoms with Crippen molar-refractivity contribution in [2.75, 3.05) is 79.5 Å². The first kappa shape index (κ1) is 73.9. The summed E-state index contributed by atoms with van der Waals surface area (Å²) in [6.07, 6.45) is 15.2. The lowest BCUT2D eigenvalue weighted by Crippen LogP contribution is -2.45. The van der Waals surface area contributed by atoms with Crippen molar-refractivity contribution < 1.29 is 97.3 Å². The molecule has 28 heteroatoms. The number of carboxylic acids is 4. The van der Waals surface area contributed by atoms with Gasteiger partial charge in [0.15, 0.2) is 0 Å². The summed E-state index contributed by atoms with van der Waals surface area (Å²) >= 11 is 0. The summed E-state index contributed by atoms with van der Waals surface area (Å²) in [5.74, 6) is -8.63. The monoisotopic (exact) mass is 1150 g/mol. The van der Waals surface area contributed by atoms with Crippen LogP contribution >= 0.6 is 0 Å². The summed E-state index contributed by atoms with van der Waals surface area (Å²) in [6, 6.07) is -4.72. The number of nitrogens with one attached hydrogen (secondary N) is 8. The summed E-state index contributed by atoms with van der Waals surface area (Å²) < 4.78 is 21.2. The molecule has 0 aliphatic carbocycles. The van der Waals surface area contributed by atoms with Gasteiger partial charge in [-0.25, -0.2) is 19.9 Å². The van der Waals surface area contributed by atoms with Gasteiger partial charge in [-0.2, -0.15) is 0 Å². The van der Waals surface area contributed by atoms with Gasteiger partial charge >= 0.3 is 23.9 Å². The highest BCUT2D eigenvalue weighted by molar-refractivity contribution is 5.87. The zero-order chi connectivity index (χ0) is 59.6. The van der Waals surface area contributed by atoms with Crippen molar-refractivity contribution in [3.8, 4) is 0 Å². The third-order valence-electron chi connectivity index (χ3n) is 12.3. The Morgan fingerprint density at radius 1 is 0.350 bits per heavy atom. The second-order valence-corrected chi connectivity index (χ2v) is 19.0. The molecule has 28 nitrogen and oxygen atoms in total. The van der Waals surface area contributed by atoms with E-state index in [1.807, 2.05) is 0 Å². The summed E-state index contributed by atoms with van der Waals surface area (Å²) in [5, 5.41) is 63.6. The Bertz CT molecular complexity index is 1810. The van der Waals surface area contributed by atoms with Gasteiger partial charge in [0.05, 0.1) is 45.7 Å². The maximum absolute atomic E-state index is 12.5. The van der Waals surface area contributed by atoms with Crippen molar-refractivity contribution >= 4 is 65.2 Å². The van der Waals surface area contributed by atoms with Crippen LogP contribution in [0.3, 0.4) is 0 Å². The van der Waals surface area contributed by atoms with Crippen molar-refractivity contribution in [2.24, 2.45) is 0 Å². The van der Waals surface area contributed by atoms with Gasteiger partial charge in [0.25, 0.3) is 5.91 Å². The van der Waals surface area contributed by atoms with Crippen molar-refractivity contribution in [1.29, 1.82) is 0 Å². The van der Waals surface area contributed by atoms with E-state index in [1.165, 1.54) is 32.1 Å². The molecule has 0 aromatic rings. The number of unbranched alkanes of at least 4 members (excludes halogenated alkanes) is 14. The predicted molar refractivity (Wildman–Crippen MR) is 287 cm³/mol. The first-order valence-corrected chi connectivity index (χ1v) is 27.9. The number of rotatable bonds is 55. The molecule has 0 fully saturated rings. The van der Waals surface area contributed by atoms with E-state index in [9.17, 15) is 68.1 Å². The topological polar surface area (TPSA) is 422 Å². The average molecular weight is 1150 g/mol. The number of carbonyl (C=O) groups excluding carboxylic acids is 7. The molecule has 0 aliphatic heterocycles. The van der Waals surface area contributed by atoms with E-state index in [1.54, 1.807) is 12.5 Å². The molecule has 0 aromatic carbocycles. The maximum atomic E-state index is 12.5. The second-order valence-electron chi connectivity index (χ2n) is 19.0. The zero-order valence-electron chi connectivity index (χ0n) is 46.6. The molecule has 0 spiro atoms. The van der Waals surface area contributed by atoms with E-state index in [-0.39, 0.29) is 117 Å². The maximum Gasteiger partial charge on any atom is 0.326 e. The third kappa shape index (κ3) is 44.7. The van der Waals surface area contributed by atoms with Gasteiger partial charge in [-0.05, 0) is 58.4 Å². The predicted octanol–water partition coefficient (Wildman–Crippen LogP) is 1.04. The van der Waals surface area contributed by atoms with Crippen molar-refractivity contribution in [2.45, 2.75) is 185 Å². The highest BCUT2D eigenvalue weighted by Crippen LogP contribution is 2.14. The van der Waals surface area contributed by atoms with Crippen LogP contribution in [-0.2, 0) is 71.7 Å². The molecule has 0 radical (unpaired) electrons. The van der Waals surface area contributed by atoms with Crippen LogP contribution in [0, 0.1) is 0 Å². The molecule has 7 amide bonds. The number of hydrogen-bond acceptors (Lipinski definition) is 17. The lowest BCUT2D eigenvalue weighted by Gasteiger charge is -2.17. The summed E-state index contributed by atoms with van der Waals surface area (Å²) in [5.41, 5.74) is 1.56. The van der Waals surface area contributed by atoms with Gasteiger partial charge in [-0.3, -0.25) is 43.6 Å². The van der Waals surface area contributed by atoms with Gasteiger partial charge in [0, 0.05) is 51.7 Å². The lowest BCUT2D eigenvalue weighted by molar-refractivity contribution is -0.144. The molecule has 0 bridgehead atoms. The van der Waals surface area contributed by atoms with E-state index in [2.05, 4.69) is 37.2 Å². The molecule has 80 heavy (non-hydrogen) atoms. The Kier molecular flexibility index (Phi) is 46.1. The number of carboxylic acid groups (broad SMARTS) is 4. The Morgan fingerprint density at radius 3 is 1.14 bits per heavy atom. The summed E-state index contributed by atoms with van der Waals surface area (Å²) in [4.78, 5) is 131. The summed E-state index contributed by atoms with van der Waals surface area (Å²) in [6.45, 7) is 0.193. The van der Waals surface area contributed by atoms with Gasteiger partial charge in [-0.15, -0.1) is 0 Å². The quantitative estimate of drug-likeness (QED) is 0.0230. The minimum atomic E-state index is -1.49. The minimum Gasteiger partial charge on any atom is -0.481 e. The normalized spacial score (nSPS) is 12.5. The number of amides is 7. The largest absolute Gasteiger partial charge is 0.481 e. The fraction of sp³-hybridized carbons (Fsp3) is 0.788. The van der Waals surface area contributed by atoms with Crippen LogP contribution in [0.4, 0.5) is 0 Å². The smallest absolute Gasteiger partial charge is 0.326 e. The van der Waals surface area contributed by atoms with E-state index in [4.69, 9.17) is 29.3 Å². The lowest BCUT2D eigenvalue weighted by atomic mass is 10.0. The second kappa shape index (κ2) is 49.9. The molecule has 0 aliphatic rings. The van der Waals surface area contributed by atoms with Gasteiger partial charge < -0.3 is 76.6 Å². The molecular formula is C52H92N8O20. The van der Waals surface area contributed by atoms with E-state index >= 15 is 0 Å². The molecule has 13 N–H and O–H groups in total. The van der Waals surface area contributed by atoms with Crippen LogP contribution in [0.25, 0.3) is 0 Å². The third-order valence-corrected chi connectivity index (χ3v) is 12.3. The number of ether oxygens (including phenoxy) is 4.